The Labute approximate surface area is 69.3 Å². The molecule has 12 heavy (non-hydrogen) atoms. The van der Waals surface area contributed by atoms with Gasteiger partial charge in [-0.15, -0.1) is 0 Å². The van der Waals surface area contributed by atoms with E-state index in [2.05, 4.69) is 4.85 Å². The van der Waals surface area contributed by atoms with E-state index in [9.17, 15) is 10.2 Å². The Balaban J connectivity index is 2.32. The summed E-state index contributed by atoms with van der Waals surface area (Å²) in [6.45, 7) is 5.31. The van der Waals surface area contributed by atoms with Crippen LogP contribution in [0, 0.1) is 6.57 Å². The van der Waals surface area contributed by atoms with Crippen LogP contribution in [-0.4, -0.2) is 47.5 Å². The van der Waals surface area contributed by atoms with E-state index in [0.29, 0.717) is 0 Å². The molecule has 0 bridgehead atoms. The third-order valence-corrected chi connectivity index (χ3v) is 2.36. The van der Waals surface area contributed by atoms with Crippen LogP contribution in [0.15, 0.2) is 0 Å². The van der Waals surface area contributed by atoms with Crippen molar-refractivity contribution in [2.75, 3.05) is 13.2 Å². The molecule has 4 atom stereocenters. The Bertz CT molecular complexity index is 238. The van der Waals surface area contributed by atoms with E-state index in [1.807, 2.05) is 0 Å². The smallest absolute Gasteiger partial charge is 0.388 e. The minimum absolute atomic E-state index is 0.0996. The second-order valence-electron chi connectivity index (χ2n) is 3.03. The number of ether oxygens (including phenoxy) is 2. The molecule has 2 saturated heterocycles. The number of aliphatic hydroxyl groups is 2. The summed E-state index contributed by atoms with van der Waals surface area (Å²) in [5.74, 6) is 0. The van der Waals surface area contributed by atoms with Crippen LogP contribution < -0.4 is 0 Å². The van der Waals surface area contributed by atoms with Crippen LogP contribution in [-0.2, 0) is 9.47 Å². The standard InChI is InChI=1S/C7H10NO4/c1-8-7-5(10)3-11-6(7)4(9)2-12-7/h1,4-6,9-10H,2-3H2/q+1/t4-,5-,6+,7+/m0/s1. The van der Waals surface area contributed by atoms with Gasteiger partial charge in [-0.3, -0.25) is 4.74 Å². The van der Waals surface area contributed by atoms with Crippen LogP contribution in [0.3, 0.4) is 0 Å². The van der Waals surface area contributed by atoms with E-state index in [1.54, 1.807) is 0 Å². The quantitative estimate of drug-likeness (QED) is 0.481. The molecular formula is C7H10NO4+. The molecular weight excluding hydrogens is 162 g/mol. The van der Waals surface area contributed by atoms with Gasteiger partial charge in [0.15, 0.2) is 12.2 Å². The zero-order valence-corrected chi connectivity index (χ0v) is 6.38. The van der Waals surface area contributed by atoms with Gasteiger partial charge in [0.2, 0.25) is 0 Å². The molecule has 66 valence electrons. The second kappa shape index (κ2) is 2.41. The monoisotopic (exact) mass is 172 g/mol. The topological polar surface area (TPSA) is 63.3 Å². The molecule has 5 nitrogen and oxygen atoms in total. The second-order valence-corrected chi connectivity index (χ2v) is 3.03. The lowest BCUT2D eigenvalue weighted by Gasteiger charge is -2.11. The SMILES string of the molecule is C#[N+][C@]12OC[C@H](O)[C@H]1OC[C@@H]2O. The summed E-state index contributed by atoms with van der Waals surface area (Å²) in [4.78, 5) is 3.46. The molecule has 2 N–H and O–H groups in total. The minimum atomic E-state index is -1.24. The summed E-state index contributed by atoms with van der Waals surface area (Å²) >= 11 is 0. The molecule has 0 aromatic rings. The molecule has 0 aromatic carbocycles. The Hall–Kier alpha value is -0.670. The summed E-state index contributed by atoms with van der Waals surface area (Å²) in [5, 5.41) is 18.8. The first-order chi connectivity index (χ1) is 5.70. The third kappa shape index (κ3) is 0.753. The molecule has 5 heteroatoms. The maximum atomic E-state index is 9.43. The molecule has 2 rings (SSSR count). The fraction of sp³-hybridized carbons (Fsp3) is 0.857. The maximum absolute atomic E-state index is 9.43. The molecule has 0 aromatic heterocycles. The summed E-state index contributed by atoms with van der Waals surface area (Å²) in [7, 11) is 0. The molecule has 2 fully saturated rings. The number of nitrogens with zero attached hydrogens (tertiary/aromatic N) is 1. The maximum Gasteiger partial charge on any atom is 0.441 e. The molecule has 0 spiro atoms. The largest absolute Gasteiger partial charge is 0.441 e. The zero-order valence-electron chi connectivity index (χ0n) is 6.38. The summed E-state index contributed by atoms with van der Waals surface area (Å²) < 4.78 is 10.2. The van der Waals surface area contributed by atoms with Gasteiger partial charge in [0.25, 0.3) is 6.57 Å². The van der Waals surface area contributed by atoms with E-state index in [-0.39, 0.29) is 13.2 Å². The highest BCUT2D eigenvalue weighted by Crippen LogP contribution is 2.38. The van der Waals surface area contributed by atoms with Gasteiger partial charge in [0.05, 0.1) is 13.2 Å². The number of aliphatic hydroxyl groups excluding tert-OH is 2. The lowest BCUT2D eigenvalue weighted by molar-refractivity contribution is -0.0417. The average molecular weight is 172 g/mol. The van der Waals surface area contributed by atoms with Crippen molar-refractivity contribution in [3.05, 3.63) is 4.85 Å². The van der Waals surface area contributed by atoms with Crippen molar-refractivity contribution in [1.29, 1.82) is 0 Å². The zero-order chi connectivity index (χ0) is 8.77. The van der Waals surface area contributed by atoms with Crippen LogP contribution in [0.2, 0.25) is 0 Å². The van der Waals surface area contributed by atoms with Crippen LogP contribution in [0.1, 0.15) is 0 Å². The molecule has 2 aliphatic heterocycles. The van der Waals surface area contributed by atoms with Crippen molar-refractivity contribution >= 4 is 0 Å². The Morgan fingerprint density at radius 3 is 2.75 bits per heavy atom. The molecule has 2 heterocycles. The van der Waals surface area contributed by atoms with Crippen molar-refractivity contribution in [1.82, 2.24) is 0 Å². The van der Waals surface area contributed by atoms with E-state index < -0.39 is 24.0 Å². The van der Waals surface area contributed by atoms with Gasteiger partial charge in [0, 0.05) is 0 Å². The lowest BCUT2D eigenvalue weighted by Crippen LogP contribution is -2.43. The molecule has 0 aliphatic carbocycles. The third-order valence-electron chi connectivity index (χ3n) is 2.36. The highest BCUT2D eigenvalue weighted by Gasteiger charge is 2.69. The fourth-order valence-corrected chi connectivity index (χ4v) is 1.69. The van der Waals surface area contributed by atoms with Gasteiger partial charge >= 0.3 is 5.72 Å². The molecule has 0 unspecified atom stereocenters. The van der Waals surface area contributed by atoms with E-state index >= 15 is 0 Å². The van der Waals surface area contributed by atoms with Crippen LogP contribution >= 0.6 is 0 Å². The van der Waals surface area contributed by atoms with E-state index in [1.165, 1.54) is 0 Å². The fourth-order valence-electron chi connectivity index (χ4n) is 1.69. The minimum Gasteiger partial charge on any atom is -0.388 e. The average Bonchev–Trinajstić information content (AvgIpc) is 2.55. The van der Waals surface area contributed by atoms with Crippen molar-refractivity contribution in [2.45, 2.75) is 24.0 Å². The van der Waals surface area contributed by atoms with Crippen molar-refractivity contribution in [3.63, 3.8) is 0 Å². The van der Waals surface area contributed by atoms with Crippen molar-refractivity contribution < 1.29 is 19.7 Å². The van der Waals surface area contributed by atoms with Gasteiger partial charge in [-0.25, -0.2) is 0 Å². The van der Waals surface area contributed by atoms with Crippen LogP contribution in [0.5, 0.6) is 0 Å². The molecule has 2 aliphatic rings. The summed E-state index contributed by atoms with van der Waals surface area (Å²) in [6.07, 6.45) is -2.27. The van der Waals surface area contributed by atoms with Crippen LogP contribution in [0.4, 0.5) is 0 Å². The predicted octanol–water partition coefficient (Wildman–Crippen LogP) is -1.20. The summed E-state index contributed by atoms with van der Waals surface area (Å²) in [6, 6.07) is 0. The first-order valence-electron chi connectivity index (χ1n) is 3.74. The van der Waals surface area contributed by atoms with Gasteiger partial charge in [-0.05, 0) is 4.85 Å². The van der Waals surface area contributed by atoms with Gasteiger partial charge in [0.1, 0.15) is 6.10 Å². The van der Waals surface area contributed by atoms with Gasteiger partial charge < -0.3 is 14.9 Å². The number of fused-ring (bicyclic) bond motifs is 1. The Morgan fingerprint density at radius 1 is 1.42 bits per heavy atom. The highest BCUT2D eigenvalue weighted by molar-refractivity contribution is 5.13. The number of hydrogen-bond acceptors (Lipinski definition) is 4. The molecule has 0 radical (unpaired) electrons. The molecule has 0 saturated carbocycles. The molecule has 0 amide bonds. The normalized spacial score (nSPS) is 51.9. The Kier molecular flexibility index (Phi) is 1.59. The van der Waals surface area contributed by atoms with E-state index in [0.717, 1.165) is 0 Å². The summed E-state index contributed by atoms with van der Waals surface area (Å²) in [5.41, 5.74) is -1.24. The van der Waals surface area contributed by atoms with Gasteiger partial charge in [-0.2, -0.15) is 0 Å². The Morgan fingerprint density at radius 2 is 2.17 bits per heavy atom. The first-order valence-corrected chi connectivity index (χ1v) is 3.74. The van der Waals surface area contributed by atoms with Crippen molar-refractivity contribution in [3.8, 4) is 6.57 Å². The first kappa shape index (κ1) is 7.95. The lowest BCUT2D eigenvalue weighted by atomic mass is 10.0. The number of hydrogen-bond donors (Lipinski definition) is 2. The van der Waals surface area contributed by atoms with Crippen molar-refractivity contribution in [2.24, 2.45) is 0 Å². The van der Waals surface area contributed by atoms with Gasteiger partial charge in [-0.1, -0.05) is 0 Å². The number of rotatable bonds is 0. The highest BCUT2D eigenvalue weighted by atomic mass is 16.6. The van der Waals surface area contributed by atoms with Crippen LogP contribution in [0.25, 0.3) is 4.85 Å². The van der Waals surface area contributed by atoms with E-state index in [4.69, 9.17) is 16.0 Å². The predicted molar refractivity (Wildman–Crippen MR) is 38.7 cm³/mol.